The van der Waals surface area contributed by atoms with Gasteiger partial charge in [-0.3, -0.25) is 4.79 Å². The molecular formula is C13H22N2O3. The highest BCUT2D eigenvalue weighted by Crippen LogP contribution is 2.19. The number of amides is 2. The number of carboxylic acid groups (broad SMARTS) is 1. The molecule has 1 atom stereocenters. The molecule has 2 amide bonds. The predicted molar refractivity (Wildman–Crippen MR) is 69.4 cm³/mol. The second-order valence-electron chi connectivity index (χ2n) is 4.64. The lowest BCUT2D eigenvalue weighted by Gasteiger charge is -2.32. The van der Waals surface area contributed by atoms with Gasteiger partial charge in [0.2, 0.25) is 0 Å². The summed E-state index contributed by atoms with van der Waals surface area (Å²) in [6.45, 7) is 3.86. The lowest BCUT2D eigenvalue weighted by molar-refractivity contribution is -0.138. The molecule has 0 aromatic heterocycles. The van der Waals surface area contributed by atoms with Gasteiger partial charge in [-0.1, -0.05) is 12.2 Å². The molecule has 0 aromatic rings. The van der Waals surface area contributed by atoms with E-state index in [4.69, 9.17) is 5.11 Å². The normalized spacial score (nSPS) is 20.1. The topological polar surface area (TPSA) is 69.6 Å². The molecule has 1 aliphatic heterocycles. The van der Waals surface area contributed by atoms with Crippen molar-refractivity contribution in [3.05, 3.63) is 12.2 Å². The Balaban J connectivity index is 2.31. The van der Waals surface area contributed by atoms with Crippen molar-refractivity contribution in [1.82, 2.24) is 10.2 Å². The van der Waals surface area contributed by atoms with Gasteiger partial charge in [-0.25, -0.2) is 4.79 Å². The first-order valence-electron chi connectivity index (χ1n) is 6.49. The summed E-state index contributed by atoms with van der Waals surface area (Å²) in [6, 6.07) is -0.0745. The Morgan fingerprint density at radius 3 is 2.94 bits per heavy atom. The molecule has 1 fully saturated rings. The summed E-state index contributed by atoms with van der Waals surface area (Å²) < 4.78 is 0. The second-order valence-corrected chi connectivity index (χ2v) is 4.64. The van der Waals surface area contributed by atoms with Gasteiger partial charge in [0.15, 0.2) is 0 Å². The third-order valence-electron chi connectivity index (χ3n) is 3.09. The Bertz CT molecular complexity index is 315. The first-order chi connectivity index (χ1) is 8.63. The number of urea groups is 1. The molecule has 5 nitrogen and oxygen atoms in total. The number of likely N-dealkylation sites (tertiary alicyclic amines) is 1. The monoisotopic (exact) mass is 254 g/mol. The van der Waals surface area contributed by atoms with Gasteiger partial charge in [0.05, 0.1) is 0 Å². The molecule has 0 saturated carbocycles. The first kappa shape index (κ1) is 14.5. The minimum absolute atomic E-state index is 0.0745. The van der Waals surface area contributed by atoms with E-state index in [0.717, 1.165) is 25.8 Å². The van der Waals surface area contributed by atoms with Crippen molar-refractivity contribution in [1.29, 1.82) is 0 Å². The fourth-order valence-corrected chi connectivity index (χ4v) is 2.20. The van der Waals surface area contributed by atoms with Crippen LogP contribution in [0, 0.1) is 5.92 Å². The van der Waals surface area contributed by atoms with Crippen LogP contribution in [0.4, 0.5) is 4.79 Å². The number of piperidine rings is 1. The largest absolute Gasteiger partial charge is 0.481 e. The minimum Gasteiger partial charge on any atom is -0.481 e. The molecule has 0 aliphatic carbocycles. The maximum Gasteiger partial charge on any atom is 0.317 e. The van der Waals surface area contributed by atoms with Crippen LogP contribution in [0.2, 0.25) is 0 Å². The van der Waals surface area contributed by atoms with E-state index < -0.39 is 5.97 Å². The summed E-state index contributed by atoms with van der Waals surface area (Å²) >= 11 is 0. The summed E-state index contributed by atoms with van der Waals surface area (Å²) in [7, 11) is 0. The summed E-state index contributed by atoms with van der Waals surface area (Å²) in [5, 5.41) is 11.6. The Kier molecular flexibility index (Phi) is 6.25. The van der Waals surface area contributed by atoms with Crippen LogP contribution in [0.3, 0.4) is 0 Å². The number of carboxylic acids is 1. The van der Waals surface area contributed by atoms with E-state index in [0.29, 0.717) is 13.1 Å². The number of rotatable bonds is 5. The fraction of sp³-hybridized carbons (Fsp3) is 0.692. The van der Waals surface area contributed by atoms with E-state index in [1.165, 1.54) is 0 Å². The number of allylic oxidation sites excluding steroid dienone is 1. The van der Waals surface area contributed by atoms with Gasteiger partial charge in [-0.2, -0.15) is 0 Å². The van der Waals surface area contributed by atoms with Gasteiger partial charge in [0.25, 0.3) is 0 Å². The van der Waals surface area contributed by atoms with Gasteiger partial charge in [0, 0.05) is 26.1 Å². The first-order valence-corrected chi connectivity index (χ1v) is 6.49. The molecule has 102 valence electrons. The maximum atomic E-state index is 11.8. The van der Waals surface area contributed by atoms with E-state index in [1.54, 1.807) is 4.90 Å². The lowest BCUT2D eigenvalue weighted by atomic mass is 9.95. The highest BCUT2D eigenvalue weighted by atomic mass is 16.4. The molecule has 18 heavy (non-hydrogen) atoms. The zero-order valence-corrected chi connectivity index (χ0v) is 10.9. The van der Waals surface area contributed by atoms with Gasteiger partial charge in [0.1, 0.15) is 0 Å². The highest BCUT2D eigenvalue weighted by Gasteiger charge is 2.24. The molecule has 0 radical (unpaired) electrons. The predicted octanol–water partition coefficient (Wildman–Crippen LogP) is 1.85. The number of carbonyl (C=O) groups is 2. The molecule has 0 aromatic carbocycles. The van der Waals surface area contributed by atoms with E-state index >= 15 is 0 Å². The zero-order chi connectivity index (χ0) is 13.4. The van der Waals surface area contributed by atoms with E-state index in [2.05, 4.69) is 5.32 Å². The standard InChI is InChI=1S/C13H22N2O3/c1-2-3-4-7-14-13(18)15-8-5-6-11(10-15)9-12(16)17/h2-3,11H,4-10H2,1H3,(H,14,18)(H,16,17)/b3-2+. The number of nitrogens with one attached hydrogen (secondary N) is 1. The quantitative estimate of drug-likeness (QED) is 0.581. The van der Waals surface area contributed by atoms with Crippen LogP contribution in [0.15, 0.2) is 12.2 Å². The van der Waals surface area contributed by atoms with Crippen molar-refractivity contribution in [2.45, 2.75) is 32.6 Å². The number of hydrogen-bond donors (Lipinski definition) is 2. The van der Waals surface area contributed by atoms with Gasteiger partial charge in [-0.15, -0.1) is 0 Å². The summed E-state index contributed by atoms with van der Waals surface area (Å²) in [6.07, 6.45) is 6.73. The van der Waals surface area contributed by atoms with Gasteiger partial charge in [-0.05, 0) is 32.1 Å². The summed E-state index contributed by atoms with van der Waals surface area (Å²) in [4.78, 5) is 24.2. The van der Waals surface area contributed by atoms with Crippen LogP contribution in [0.1, 0.15) is 32.6 Å². The summed E-state index contributed by atoms with van der Waals surface area (Å²) in [5.74, 6) is -0.687. The second kappa shape index (κ2) is 7.74. The van der Waals surface area contributed by atoms with E-state index in [-0.39, 0.29) is 18.4 Å². The number of carbonyl (C=O) groups excluding carboxylic acids is 1. The molecular weight excluding hydrogens is 232 g/mol. The third kappa shape index (κ3) is 5.21. The van der Waals surface area contributed by atoms with Crippen molar-refractivity contribution < 1.29 is 14.7 Å². The number of aliphatic carboxylic acids is 1. The third-order valence-corrected chi connectivity index (χ3v) is 3.09. The lowest BCUT2D eigenvalue weighted by Crippen LogP contribution is -2.46. The number of nitrogens with zero attached hydrogens (tertiary/aromatic N) is 1. The van der Waals surface area contributed by atoms with Crippen LogP contribution < -0.4 is 5.32 Å². The van der Waals surface area contributed by atoms with Crippen molar-refractivity contribution in [2.24, 2.45) is 5.92 Å². The average Bonchev–Trinajstić information content (AvgIpc) is 2.34. The number of hydrogen-bond acceptors (Lipinski definition) is 2. The minimum atomic E-state index is -0.782. The van der Waals surface area contributed by atoms with Crippen LogP contribution in [0.5, 0.6) is 0 Å². The van der Waals surface area contributed by atoms with Crippen molar-refractivity contribution in [3.63, 3.8) is 0 Å². The highest BCUT2D eigenvalue weighted by molar-refractivity contribution is 5.74. The Hall–Kier alpha value is -1.52. The smallest absolute Gasteiger partial charge is 0.317 e. The average molecular weight is 254 g/mol. The van der Waals surface area contributed by atoms with E-state index in [1.807, 2.05) is 19.1 Å². The SMILES string of the molecule is C/C=C/CCNC(=O)N1CCCC(CC(=O)O)C1. The molecule has 5 heteroatoms. The van der Waals surface area contributed by atoms with E-state index in [9.17, 15) is 9.59 Å². The maximum absolute atomic E-state index is 11.8. The Morgan fingerprint density at radius 1 is 1.50 bits per heavy atom. The molecule has 1 unspecified atom stereocenters. The fourth-order valence-electron chi connectivity index (χ4n) is 2.20. The Labute approximate surface area is 108 Å². The molecule has 0 bridgehead atoms. The van der Waals surface area contributed by atoms with Gasteiger partial charge < -0.3 is 15.3 Å². The molecule has 1 rings (SSSR count). The molecule has 1 aliphatic rings. The van der Waals surface area contributed by atoms with Crippen LogP contribution in [-0.2, 0) is 4.79 Å². The van der Waals surface area contributed by atoms with Crippen LogP contribution >= 0.6 is 0 Å². The summed E-state index contributed by atoms with van der Waals surface area (Å²) in [5.41, 5.74) is 0. The van der Waals surface area contributed by atoms with Gasteiger partial charge >= 0.3 is 12.0 Å². The molecule has 0 spiro atoms. The molecule has 1 saturated heterocycles. The molecule has 2 N–H and O–H groups in total. The Morgan fingerprint density at radius 2 is 2.28 bits per heavy atom. The zero-order valence-electron chi connectivity index (χ0n) is 10.9. The molecule has 1 heterocycles. The van der Waals surface area contributed by atoms with Crippen molar-refractivity contribution in [2.75, 3.05) is 19.6 Å². The van der Waals surface area contributed by atoms with Crippen molar-refractivity contribution >= 4 is 12.0 Å². The van der Waals surface area contributed by atoms with Crippen LogP contribution in [0.25, 0.3) is 0 Å². The van der Waals surface area contributed by atoms with Crippen LogP contribution in [-0.4, -0.2) is 41.6 Å². The van der Waals surface area contributed by atoms with Crippen molar-refractivity contribution in [3.8, 4) is 0 Å².